The molecule has 3 heteroatoms. The Morgan fingerprint density at radius 1 is 1.64 bits per heavy atom. The minimum Gasteiger partial charge on any atom is -0.271 e. The molecule has 0 aliphatic carbocycles. The van der Waals surface area contributed by atoms with Crippen LogP contribution in [0.1, 0.15) is 34.2 Å². The van der Waals surface area contributed by atoms with Gasteiger partial charge in [-0.1, -0.05) is 6.08 Å². The molecule has 1 unspecified atom stereocenters. The number of hydrogen-bond acceptors (Lipinski definition) is 3. The summed E-state index contributed by atoms with van der Waals surface area (Å²) >= 11 is 1.82. The summed E-state index contributed by atoms with van der Waals surface area (Å²) in [7, 11) is 0. The number of hydrazine groups is 1. The van der Waals surface area contributed by atoms with E-state index >= 15 is 0 Å². The Morgan fingerprint density at radius 2 is 2.36 bits per heavy atom. The molecule has 3 N–H and O–H groups in total. The quantitative estimate of drug-likeness (QED) is 0.445. The molecule has 14 heavy (non-hydrogen) atoms. The van der Waals surface area contributed by atoms with Crippen molar-refractivity contribution < 1.29 is 0 Å². The van der Waals surface area contributed by atoms with Crippen LogP contribution in [0.3, 0.4) is 0 Å². The van der Waals surface area contributed by atoms with Gasteiger partial charge in [-0.05, 0) is 38.3 Å². The van der Waals surface area contributed by atoms with Crippen LogP contribution in [0.2, 0.25) is 0 Å². The first-order valence-electron chi connectivity index (χ1n) is 4.83. The average Bonchev–Trinajstić information content (AvgIpc) is 2.48. The first-order chi connectivity index (χ1) is 6.69. The molecule has 0 saturated carbocycles. The Kier molecular flexibility index (Phi) is 4.32. The first kappa shape index (κ1) is 11.4. The maximum Gasteiger partial charge on any atom is 0.0556 e. The second-order valence-electron chi connectivity index (χ2n) is 3.47. The van der Waals surface area contributed by atoms with Gasteiger partial charge in [-0.15, -0.1) is 17.9 Å². The molecule has 0 aliphatic heterocycles. The Labute approximate surface area is 89.8 Å². The lowest BCUT2D eigenvalue weighted by Crippen LogP contribution is -2.27. The van der Waals surface area contributed by atoms with E-state index in [9.17, 15) is 0 Å². The molecule has 0 bridgehead atoms. The number of rotatable bonds is 5. The van der Waals surface area contributed by atoms with Crippen LogP contribution in [0.15, 0.2) is 18.7 Å². The molecular formula is C11H18N2S. The summed E-state index contributed by atoms with van der Waals surface area (Å²) in [5.41, 5.74) is 4.21. The van der Waals surface area contributed by atoms with Crippen LogP contribution in [0.4, 0.5) is 0 Å². The zero-order chi connectivity index (χ0) is 10.6. The van der Waals surface area contributed by atoms with Crippen molar-refractivity contribution in [3.8, 4) is 0 Å². The highest BCUT2D eigenvalue weighted by Gasteiger charge is 2.12. The Hall–Kier alpha value is -0.640. The number of thiophene rings is 1. The fourth-order valence-corrected chi connectivity index (χ4v) is 2.50. The van der Waals surface area contributed by atoms with Crippen molar-refractivity contribution in [2.24, 2.45) is 5.84 Å². The van der Waals surface area contributed by atoms with E-state index in [-0.39, 0.29) is 6.04 Å². The van der Waals surface area contributed by atoms with Crippen LogP contribution in [-0.2, 0) is 0 Å². The predicted octanol–water partition coefficient (Wildman–Crippen LogP) is 2.84. The third-order valence-corrected chi connectivity index (χ3v) is 3.66. The predicted molar refractivity (Wildman–Crippen MR) is 63.3 cm³/mol. The lowest BCUT2D eigenvalue weighted by Gasteiger charge is -2.12. The van der Waals surface area contributed by atoms with Gasteiger partial charge in [0.05, 0.1) is 6.04 Å². The summed E-state index contributed by atoms with van der Waals surface area (Å²) in [4.78, 5) is 2.70. The molecule has 0 spiro atoms. The van der Waals surface area contributed by atoms with Gasteiger partial charge < -0.3 is 0 Å². The number of allylic oxidation sites excluding steroid dienone is 1. The highest BCUT2D eigenvalue weighted by atomic mass is 32.1. The SMILES string of the molecule is C=CCCC(NN)c1cc(C)c(C)s1. The van der Waals surface area contributed by atoms with Gasteiger partial charge in [0.25, 0.3) is 0 Å². The van der Waals surface area contributed by atoms with E-state index in [1.54, 1.807) is 0 Å². The van der Waals surface area contributed by atoms with Gasteiger partial charge >= 0.3 is 0 Å². The van der Waals surface area contributed by atoms with Crippen LogP contribution in [0.5, 0.6) is 0 Å². The fraction of sp³-hybridized carbons (Fsp3) is 0.455. The van der Waals surface area contributed by atoms with E-state index in [4.69, 9.17) is 5.84 Å². The van der Waals surface area contributed by atoms with Crippen molar-refractivity contribution in [3.05, 3.63) is 34.0 Å². The smallest absolute Gasteiger partial charge is 0.0556 e. The monoisotopic (exact) mass is 210 g/mol. The van der Waals surface area contributed by atoms with Gasteiger partial charge in [0.2, 0.25) is 0 Å². The van der Waals surface area contributed by atoms with Crippen LogP contribution in [-0.4, -0.2) is 0 Å². The zero-order valence-corrected chi connectivity index (χ0v) is 9.66. The van der Waals surface area contributed by atoms with Crippen molar-refractivity contribution in [1.82, 2.24) is 5.43 Å². The van der Waals surface area contributed by atoms with E-state index in [0.717, 1.165) is 12.8 Å². The molecule has 0 radical (unpaired) electrons. The molecule has 0 amide bonds. The summed E-state index contributed by atoms with van der Waals surface area (Å²) in [6.07, 6.45) is 3.93. The number of hydrogen-bond donors (Lipinski definition) is 2. The third kappa shape index (κ3) is 2.67. The Bertz CT molecular complexity index is 285. The molecule has 1 aromatic rings. The molecule has 1 aromatic heterocycles. The lowest BCUT2D eigenvalue weighted by atomic mass is 10.1. The zero-order valence-electron chi connectivity index (χ0n) is 8.84. The lowest BCUT2D eigenvalue weighted by molar-refractivity contribution is 0.528. The van der Waals surface area contributed by atoms with Crippen molar-refractivity contribution in [2.75, 3.05) is 0 Å². The van der Waals surface area contributed by atoms with Crippen LogP contribution >= 0.6 is 11.3 Å². The summed E-state index contributed by atoms with van der Waals surface area (Å²) < 4.78 is 0. The van der Waals surface area contributed by atoms with Crippen LogP contribution < -0.4 is 11.3 Å². The number of aryl methyl sites for hydroxylation is 2. The van der Waals surface area contributed by atoms with Gasteiger partial charge in [-0.3, -0.25) is 11.3 Å². The largest absolute Gasteiger partial charge is 0.271 e. The minimum atomic E-state index is 0.269. The second-order valence-corrected chi connectivity index (χ2v) is 4.76. The molecule has 0 fully saturated rings. The highest BCUT2D eigenvalue weighted by Crippen LogP contribution is 2.28. The van der Waals surface area contributed by atoms with Gasteiger partial charge in [0, 0.05) is 9.75 Å². The summed E-state index contributed by atoms with van der Waals surface area (Å²) in [5.74, 6) is 5.53. The highest BCUT2D eigenvalue weighted by molar-refractivity contribution is 7.12. The topological polar surface area (TPSA) is 38.0 Å². The molecule has 2 nitrogen and oxygen atoms in total. The van der Waals surface area contributed by atoms with E-state index in [0.29, 0.717) is 0 Å². The van der Waals surface area contributed by atoms with Crippen LogP contribution in [0, 0.1) is 13.8 Å². The molecule has 0 saturated heterocycles. The van der Waals surface area contributed by atoms with Gasteiger partial charge in [-0.25, -0.2) is 0 Å². The van der Waals surface area contributed by atoms with Gasteiger partial charge in [0.1, 0.15) is 0 Å². The van der Waals surface area contributed by atoms with Crippen molar-refractivity contribution >= 4 is 11.3 Å². The van der Waals surface area contributed by atoms with E-state index in [1.165, 1.54) is 15.3 Å². The summed E-state index contributed by atoms with van der Waals surface area (Å²) in [5, 5.41) is 0. The van der Waals surface area contributed by atoms with Gasteiger partial charge in [0.15, 0.2) is 0 Å². The van der Waals surface area contributed by atoms with E-state index in [2.05, 4.69) is 31.9 Å². The van der Waals surface area contributed by atoms with Crippen molar-refractivity contribution in [1.29, 1.82) is 0 Å². The van der Waals surface area contributed by atoms with Crippen LogP contribution in [0.25, 0.3) is 0 Å². The number of nitrogens with two attached hydrogens (primary N) is 1. The van der Waals surface area contributed by atoms with E-state index < -0.39 is 0 Å². The van der Waals surface area contributed by atoms with Crippen molar-refractivity contribution in [2.45, 2.75) is 32.7 Å². The number of nitrogens with one attached hydrogen (secondary N) is 1. The fourth-order valence-electron chi connectivity index (χ4n) is 1.37. The van der Waals surface area contributed by atoms with Crippen molar-refractivity contribution in [3.63, 3.8) is 0 Å². The molecule has 0 aliphatic rings. The molecule has 0 aromatic carbocycles. The maximum absolute atomic E-state index is 5.53. The minimum absolute atomic E-state index is 0.269. The van der Waals surface area contributed by atoms with E-state index in [1.807, 2.05) is 17.4 Å². The third-order valence-electron chi connectivity index (χ3n) is 2.39. The molecule has 78 valence electrons. The van der Waals surface area contributed by atoms with Gasteiger partial charge in [-0.2, -0.15) is 0 Å². The second kappa shape index (κ2) is 5.29. The maximum atomic E-state index is 5.53. The summed E-state index contributed by atoms with van der Waals surface area (Å²) in [6.45, 7) is 8.00. The normalized spacial score (nSPS) is 12.8. The average molecular weight is 210 g/mol. The Balaban J connectivity index is 2.73. The first-order valence-corrected chi connectivity index (χ1v) is 5.64. The molecule has 1 rings (SSSR count). The standard InChI is InChI=1S/C11H18N2S/c1-4-5-6-10(13-12)11-7-8(2)9(3)14-11/h4,7,10,13H,1,5-6,12H2,2-3H3. The summed E-state index contributed by atoms with van der Waals surface area (Å²) in [6, 6.07) is 2.48. The Morgan fingerprint density at radius 3 is 2.79 bits per heavy atom. The molecular weight excluding hydrogens is 192 g/mol. The molecule has 1 atom stereocenters. The molecule has 1 heterocycles.